The quantitative estimate of drug-likeness (QED) is 0.391. The van der Waals surface area contributed by atoms with Crippen LogP contribution in [-0.2, 0) is 11.3 Å². The van der Waals surface area contributed by atoms with Crippen LogP contribution in [0, 0.1) is 0 Å². The third kappa shape index (κ3) is 5.11. The number of rotatable bonds is 8. The first kappa shape index (κ1) is 23.0. The van der Waals surface area contributed by atoms with E-state index in [9.17, 15) is 9.59 Å². The van der Waals surface area contributed by atoms with Gasteiger partial charge in [-0.05, 0) is 35.4 Å². The van der Waals surface area contributed by atoms with Crippen molar-refractivity contribution in [3.63, 3.8) is 0 Å². The number of nitrogens with zero attached hydrogens (tertiary/aromatic N) is 2. The molecule has 0 saturated carbocycles. The van der Waals surface area contributed by atoms with Crippen LogP contribution in [0.5, 0.6) is 0 Å². The second kappa shape index (κ2) is 10.2. The molecule has 0 aliphatic carbocycles. The van der Waals surface area contributed by atoms with Gasteiger partial charge in [-0.1, -0.05) is 47.5 Å². The first-order chi connectivity index (χ1) is 16.0. The minimum Gasteiger partial charge on any atom is -0.383 e. The summed E-state index contributed by atoms with van der Waals surface area (Å²) in [5.41, 5.74) is 2.66. The Morgan fingerprint density at radius 1 is 1.15 bits per heavy atom. The van der Waals surface area contributed by atoms with E-state index < -0.39 is 5.91 Å². The number of carbonyl (C=O) groups is 1. The number of benzene rings is 2. The van der Waals surface area contributed by atoms with Crippen LogP contribution < -0.4 is 10.9 Å². The molecule has 0 spiro atoms. The number of H-pyrrole nitrogens is 1. The summed E-state index contributed by atoms with van der Waals surface area (Å²) in [5.74, 6) is -0.634. The van der Waals surface area contributed by atoms with E-state index >= 15 is 0 Å². The maximum atomic E-state index is 12.9. The summed E-state index contributed by atoms with van der Waals surface area (Å²) >= 11 is 12.6. The van der Waals surface area contributed by atoms with Gasteiger partial charge in [-0.25, -0.2) is 4.68 Å². The predicted octanol–water partition coefficient (Wildman–Crippen LogP) is 4.24. The summed E-state index contributed by atoms with van der Waals surface area (Å²) in [5, 5.41) is 9.19. The van der Waals surface area contributed by atoms with E-state index in [1.54, 1.807) is 12.1 Å². The van der Waals surface area contributed by atoms with E-state index in [1.165, 1.54) is 23.9 Å². The Labute approximate surface area is 200 Å². The summed E-state index contributed by atoms with van der Waals surface area (Å²) < 4.78 is 6.21. The minimum absolute atomic E-state index is 0.144. The Balaban J connectivity index is 1.64. The number of amides is 1. The number of hydrogen-bond donors (Lipinski definition) is 2. The molecule has 0 saturated heterocycles. The van der Waals surface area contributed by atoms with Crippen LogP contribution in [0.25, 0.3) is 10.9 Å². The molecule has 1 atom stereocenters. The van der Waals surface area contributed by atoms with Crippen LogP contribution in [0.4, 0.5) is 0 Å². The number of aromatic nitrogens is 3. The van der Waals surface area contributed by atoms with Gasteiger partial charge in [-0.2, -0.15) is 5.10 Å². The number of fused-ring (bicyclic) bond motifs is 1. The van der Waals surface area contributed by atoms with Crippen molar-refractivity contribution in [2.75, 3.05) is 20.3 Å². The van der Waals surface area contributed by atoms with Crippen LogP contribution in [0.2, 0.25) is 10.0 Å². The van der Waals surface area contributed by atoms with Crippen molar-refractivity contribution < 1.29 is 9.53 Å². The van der Waals surface area contributed by atoms with Gasteiger partial charge >= 0.3 is 0 Å². The van der Waals surface area contributed by atoms with Crippen LogP contribution in [0.1, 0.15) is 27.5 Å². The van der Waals surface area contributed by atoms with E-state index in [2.05, 4.69) is 15.4 Å². The van der Waals surface area contributed by atoms with Gasteiger partial charge in [0.2, 0.25) is 0 Å². The summed E-state index contributed by atoms with van der Waals surface area (Å²) in [7, 11) is 1.54. The van der Waals surface area contributed by atoms with Crippen molar-refractivity contribution in [2.45, 2.75) is 12.5 Å². The molecule has 2 aromatic heterocycles. The Morgan fingerprint density at radius 2 is 1.97 bits per heavy atom. The van der Waals surface area contributed by atoms with Crippen LogP contribution in [-0.4, -0.2) is 40.9 Å². The zero-order chi connectivity index (χ0) is 23.4. The summed E-state index contributed by atoms with van der Waals surface area (Å²) in [6, 6.07) is 16.0. The summed E-state index contributed by atoms with van der Waals surface area (Å²) in [4.78, 5) is 28.2. The van der Waals surface area contributed by atoms with Crippen molar-refractivity contribution in [1.29, 1.82) is 0 Å². The molecular weight excluding hydrogens is 463 g/mol. The molecule has 1 amide bonds. The van der Waals surface area contributed by atoms with Crippen LogP contribution in [0.3, 0.4) is 0 Å². The molecule has 0 aliphatic rings. The number of halogens is 2. The topological polar surface area (TPSA) is 89.0 Å². The molecule has 0 aliphatic heterocycles. The second-order valence-corrected chi connectivity index (χ2v) is 8.33. The van der Waals surface area contributed by atoms with E-state index in [0.717, 1.165) is 22.0 Å². The number of ether oxygens (including phenoxy) is 1. The van der Waals surface area contributed by atoms with E-state index in [-0.39, 0.29) is 30.3 Å². The average molecular weight is 485 g/mol. The third-order valence-corrected chi connectivity index (χ3v) is 5.97. The first-order valence-corrected chi connectivity index (χ1v) is 11.1. The number of aromatic amines is 1. The lowest BCUT2D eigenvalue weighted by molar-refractivity contribution is 0.0943. The molecular formula is C24H22Cl2N4O3. The zero-order valence-electron chi connectivity index (χ0n) is 17.8. The molecule has 9 heteroatoms. The molecule has 2 aromatic carbocycles. The maximum absolute atomic E-state index is 12.9. The molecule has 1 unspecified atom stereocenters. The number of methoxy groups -OCH3 is 1. The lowest BCUT2D eigenvalue weighted by Crippen LogP contribution is -2.32. The van der Waals surface area contributed by atoms with Gasteiger partial charge in [-0.15, -0.1) is 0 Å². The fourth-order valence-electron chi connectivity index (χ4n) is 3.75. The van der Waals surface area contributed by atoms with E-state index in [0.29, 0.717) is 16.7 Å². The predicted molar refractivity (Wildman–Crippen MR) is 129 cm³/mol. The van der Waals surface area contributed by atoms with Crippen molar-refractivity contribution in [3.8, 4) is 0 Å². The summed E-state index contributed by atoms with van der Waals surface area (Å²) in [6.45, 7) is 0.839. The fourth-order valence-corrected chi connectivity index (χ4v) is 4.29. The minimum atomic E-state index is -0.393. The van der Waals surface area contributed by atoms with Gasteiger partial charge in [0.25, 0.3) is 11.5 Å². The monoisotopic (exact) mass is 484 g/mol. The van der Waals surface area contributed by atoms with Gasteiger partial charge in [0.1, 0.15) is 5.69 Å². The highest BCUT2D eigenvalue weighted by Gasteiger charge is 2.22. The molecule has 2 N–H and O–H groups in total. The molecule has 0 bridgehead atoms. The standard InChI is InChI=1S/C24H22Cl2N4O3/c1-33-11-10-30-23(31)9-8-22(29-30)24(32)28-14-18(16-7-6-15(25)12-20(16)26)19-13-27-21-5-3-2-4-17(19)21/h2-9,12-13,18,27H,10-11,14H2,1H3,(H,28,32). The van der Waals surface area contributed by atoms with Gasteiger partial charge in [0, 0.05) is 52.8 Å². The first-order valence-electron chi connectivity index (χ1n) is 10.3. The molecule has 33 heavy (non-hydrogen) atoms. The largest absolute Gasteiger partial charge is 0.383 e. The van der Waals surface area contributed by atoms with Crippen LogP contribution in [0.15, 0.2) is 65.6 Å². The van der Waals surface area contributed by atoms with Crippen molar-refractivity contribution in [1.82, 2.24) is 20.1 Å². The average Bonchev–Trinajstić information content (AvgIpc) is 3.23. The SMILES string of the molecule is COCCn1nc(C(=O)NCC(c2ccc(Cl)cc2Cl)c2c[nH]c3ccccc23)ccc1=O. The highest BCUT2D eigenvalue weighted by molar-refractivity contribution is 6.35. The Kier molecular flexibility index (Phi) is 7.13. The maximum Gasteiger partial charge on any atom is 0.271 e. The smallest absolute Gasteiger partial charge is 0.271 e. The highest BCUT2D eigenvalue weighted by Crippen LogP contribution is 2.35. The zero-order valence-corrected chi connectivity index (χ0v) is 19.4. The van der Waals surface area contributed by atoms with E-state index in [1.807, 2.05) is 36.5 Å². The Bertz CT molecular complexity index is 1350. The number of nitrogens with one attached hydrogen (secondary N) is 2. The Hall–Kier alpha value is -3.13. The van der Waals surface area contributed by atoms with Gasteiger partial charge in [0.15, 0.2) is 0 Å². The van der Waals surface area contributed by atoms with Crippen molar-refractivity contribution in [3.05, 3.63) is 98.0 Å². The van der Waals surface area contributed by atoms with Gasteiger partial charge < -0.3 is 15.0 Å². The number of para-hydroxylation sites is 1. The molecule has 4 rings (SSSR count). The van der Waals surface area contributed by atoms with Gasteiger partial charge in [0.05, 0.1) is 13.2 Å². The highest BCUT2D eigenvalue weighted by atomic mass is 35.5. The molecule has 7 nitrogen and oxygen atoms in total. The van der Waals surface area contributed by atoms with E-state index in [4.69, 9.17) is 27.9 Å². The third-order valence-electron chi connectivity index (χ3n) is 5.41. The number of hydrogen-bond acceptors (Lipinski definition) is 4. The molecule has 0 fully saturated rings. The molecule has 2 heterocycles. The number of carbonyl (C=O) groups excluding carboxylic acids is 1. The summed E-state index contributed by atoms with van der Waals surface area (Å²) in [6.07, 6.45) is 1.93. The molecule has 170 valence electrons. The normalized spacial score (nSPS) is 12.1. The lowest BCUT2D eigenvalue weighted by atomic mass is 9.90. The fraction of sp³-hybridized carbons (Fsp3) is 0.208. The lowest BCUT2D eigenvalue weighted by Gasteiger charge is -2.19. The van der Waals surface area contributed by atoms with Crippen molar-refractivity contribution >= 4 is 40.0 Å². The second-order valence-electron chi connectivity index (χ2n) is 7.49. The molecule has 4 aromatic rings. The van der Waals surface area contributed by atoms with Crippen LogP contribution >= 0.6 is 23.2 Å². The Morgan fingerprint density at radius 3 is 2.76 bits per heavy atom. The molecule has 0 radical (unpaired) electrons. The van der Waals surface area contributed by atoms with Crippen molar-refractivity contribution in [2.24, 2.45) is 0 Å². The van der Waals surface area contributed by atoms with Gasteiger partial charge in [-0.3, -0.25) is 9.59 Å².